The number of thioether (sulfide) groups is 1. The Morgan fingerprint density at radius 1 is 1.82 bits per heavy atom. The van der Waals surface area contributed by atoms with Crippen LogP contribution in [0.25, 0.3) is 0 Å². The quantitative estimate of drug-likeness (QED) is 0.745. The van der Waals surface area contributed by atoms with Crippen molar-refractivity contribution in [3.8, 4) is 0 Å². The van der Waals surface area contributed by atoms with Gasteiger partial charge < -0.3 is 10.0 Å². The molecule has 0 aromatic rings. The van der Waals surface area contributed by atoms with E-state index < -0.39 is 6.10 Å². The second kappa shape index (κ2) is 4.33. The summed E-state index contributed by atoms with van der Waals surface area (Å²) >= 11 is 4.47. The highest BCUT2D eigenvalue weighted by atomic mass is 79.9. The zero-order chi connectivity index (χ0) is 8.27. The van der Waals surface area contributed by atoms with Crippen molar-refractivity contribution >= 4 is 32.9 Å². The SMILES string of the molecule is O=C1SCCN1CC(O)CBr. The van der Waals surface area contributed by atoms with Crippen LogP contribution >= 0.6 is 27.7 Å². The minimum Gasteiger partial charge on any atom is -0.390 e. The van der Waals surface area contributed by atoms with Gasteiger partial charge in [-0.05, 0) is 0 Å². The summed E-state index contributed by atoms with van der Waals surface area (Å²) in [6.45, 7) is 1.23. The molecule has 0 aromatic carbocycles. The first-order valence-corrected chi connectivity index (χ1v) is 5.50. The van der Waals surface area contributed by atoms with Gasteiger partial charge in [-0.2, -0.15) is 0 Å². The Balaban J connectivity index is 2.30. The fourth-order valence-corrected chi connectivity index (χ4v) is 1.93. The number of nitrogens with zero attached hydrogens (tertiary/aromatic N) is 1. The van der Waals surface area contributed by atoms with Gasteiger partial charge in [-0.1, -0.05) is 27.7 Å². The Morgan fingerprint density at radius 2 is 2.55 bits per heavy atom. The van der Waals surface area contributed by atoms with Crippen LogP contribution in [0.15, 0.2) is 0 Å². The van der Waals surface area contributed by atoms with Gasteiger partial charge in [-0.3, -0.25) is 4.79 Å². The standard InChI is InChI=1S/C6H10BrNO2S/c7-3-5(9)4-8-1-2-11-6(8)10/h5,9H,1-4H2. The molecule has 0 saturated carbocycles. The Bertz CT molecular complexity index is 156. The van der Waals surface area contributed by atoms with Crippen molar-refractivity contribution in [2.24, 2.45) is 0 Å². The van der Waals surface area contributed by atoms with E-state index in [0.717, 1.165) is 12.3 Å². The highest BCUT2D eigenvalue weighted by molar-refractivity contribution is 9.09. The van der Waals surface area contributed by atoms with E-state index in [-0.39, 0.29) is 5.24 Å². The minimum atomic E-state index is -0.433. The molecule has 1 aliphatic heterocycles. The van der Waals surface area contributed by atoms with Gasteiger partial charge in [0.2, 0.25) is 0 Å². The molecule has 1 aliphatic rings. The van der Waals surface area contributed by atoms with E-state index in [1.807, 2.05) is 0 Å². The maximum absolute atomic E-state index is 11.0. The smallest absolute Gasteiger partial charge is 0.281 e. The molecule has 1 rings (SSSR count). The topological polar surface area (TPSA) is 40.5 Å². The number of aliphatic hydroxyl groups excluding tert-OH is 1. The molecular formula is C6H10BrNO2S. The molecule has 3 nitrogen and oxygen atoms in total. The summed E-state index contributed by atoms with van der Waals surface area (Å²) in [7, 11) is 0. The molecule has 0 spiro atoms. The van der Waals surface area contributed by atoms with Gasteiger partial charge in [0.15, 0.2) is 0 Å². The van der Waals surface area contributed by atoms with Gasteiger partial charge in [0.05, 0.1) is 6.10 Å². The largest absolute Gasteiger partial charge is 0.390 e. The maximum Gasteiger partial charge on any atom is 0.281 e. The normalized spacial score (nSPS) is 20.9. The number of alkyl halides is 1. The van der Waals surface area contributed by atoms with Crippen molar-refractivity contribution in [1.82, 2.24) is 4.90 Å². The number of hydrogen-bond donors (Lipinski definition) is 1. The number of carbonyl (C=O) groups is 1. The fourth-order valence-electron chi connectivity index (χ4n) is 0.895. The van der Waals surface area contributed by atoms with Crippen LogP contribution in [0.5, 0.6) is 0 Å². The number of aliphatic hydroxyl groups is 1. The van der Waals surface area contributed by atoms with Crippen molar-refractivity contribution in [1.29, 1.82) is 0 Å². The summed E-state index contributed by atoms with van der Waals surface area (Å²) < 4.78 is 0. The molecule has 1 N–H and O–H groups in total. The zero-order valence-corrected chi connectivity index (χ0v) is 8.40. The van der Waals surface area contributed by atoms with Crippen LogP contribution in [0.1, 0.15) is 0 Å². The van der Waals surface area contributed by atoms with E-state index in [1.54, 1.807) is 4.90 Å². The monoisotopic (exact) mass is 239 g/mol. The summed E-state index contributed by atoms with van der Waals surface area (Å²) in [5.74, 6) is 0.855. The lowest BCUT2D eigenvalue weighted by Crippen LogP contribution is -2.33. The first kappa shape index (κ1) is 9.35. The third-order valence-corrected chi connectivity index (χ3v) is 3.09. The summed E-state index contributed by atoms with van der Waals surface area (Å²) in [4.78, 5) is 12.7. The summed E-state index contributed by atoms with van der Waals surface area (Å²) in [6, 6.07) is 0. The summed E-state index contributed by atoms with van der Waals surface area (Å²) in [5.41, 5.74) is 0. The fraction of sp³-hybridized carbons (Fsp3) is 0.833. The lowest BCUT2D eigenvalue weighted by atomic mass is 10.4. The van der Waals surface area contributed by atoms with Crippen LogP contribution in [-0.4, -0.2) is 45.5 Å². The first-order chi connectivity index (χ1) is 5.24. The zero-order valence-electron chi connectivity index (χ0n) is 5.99. The van der Waals surface area contributed by atoms with Crippen LogP contribution in [0, 0.1) is 0 Å². The number of hydrogen-bond acceptors (Lipinski definition) is 3. The molecule has 0 aromatic heterocycles. The number of carbonyl (C=O) groups excluding carboxylic acids is 1. The number of rotatable bonds is 3. The molecule has 11 heavy (non-hydrogen) atoms. The van der Waals surface area contributed by atoms with Crippen molar-refractivity contribution in [2.75, 3.05) is 24.2 Å². The van der Waals surface area contributed by atoms with Crippen LogP contribution in [0.4, 0.5) is 4.79 Å². The Morgan fingerprint density at radius 3 is 3.00 bits per heavy atom. The first-order valence-electron chi connectivity index (χ1n) is 3.39. The Kier molecular flexibility index (Phi) is 3.68. The molecule has 0 aliphatic carbocycles. The Hall–Kier alpha value is 0.260. The molecule has 1 heterocycles. The van der Waals surface area contributed by atoms with Gasteiger partial charge in [-0.25, -0.2) is 0 Å². The number of halogens is 1. The van der Waals surface area contributed by atoms with Crippen molar-refractivity contribution in [3.63, 3.8) is 0 Å². The molecule has 0 bridgehead atoms. The van der Waals surface area contributed by atoms with Crippen LogP contribution < -0.4 is 0 Å². The minimum absolute atomic E-state index is 0.0880. The summed E-state index contributed by atoms with van der Waals surface area (Å²) in [5, 5.41) is 9.80. The van der Waals surface area contributed by atoms with Crippen LogP contribution in [-0.2, 0) is 0 Å². The maximum atomic E-state index is 11.0. The second-order valence-electron chi connectivity index (χ2n) is 2.37. The number of amides is 1. The molecule has 0 radical (unpaired) electrons. The van der Waals surface area contributed by atoms with Crippen molar-refractivity contribution < 1.29 is 9.90 Å². The lowest BCUT2D eigenvalue weighted by molar-refractivity contribution is 0.152. The molecule has 1 unspecified atom stereocenters. The van der Waals surface area contributed by atoms with Crippen LogP contribution in [0.3, 0.4) is 0 Å². The van der Waals surface area contributed by atoms with E-state index in [2.05, 4.69) is 15.9 Å². The van der Waals surface area contributed by atoms with Gasteiger partial charge in [0, 0.05) is 24.2 Å². The molecule has 5 heteroatoms. The Labute approximate surface area is 78.3 Å². The van der Waals surface area contributed by atoms with Crippen molar-refractivity contribution in [2.45, 2.75) is 6.10 Å². The van der Waals surface area contributed by atoms with E-state index >= 15 is 0 Å². The van der Waals surface area contributed by atoms with E-state index in [4.69, 9.17) is 0 Å². The van der Waals surface area contributed by atoms with Gasteiger partial charge in [0.1, 0.15) is 0 Å². The molecule has 1 saturated heterocycles. The molecule has 64 valence electrons. The summed E-state index contributed by atoms with van der Waals surface area (Å²) in [6.07, 6.45) is -0.433. The predicted octanol–water partition coefficient (Wildman–Crippen LogP) is 0.911. The highest BCUT2D eigenvalue weighted by Gasteiger charge is 2.22. The average Bonchev–Trinajstić information content (AvgIpc) is 2.37. The molecular weight excluding hydrogens is 230 g/mol. The van der Waals surface area contributed by atoms with E-state index in [1.165, 1.54) is 11.8 Å². The second-order valence-corrected chi connectivity index (χ2v) is 4.06. The number of β-amino-alcohol motifs (C(OH)–C–C–N with tert-alkyl or cyclic N) is 1. The van der Waals surface area contributed by atoms with E-state index in [9.17, 15) is 9.90 Å². The molecule has 1 amide bonds. The van der Waals surface area contributed by atoms with E-state index in [0.29, 0.717) is 11.9 Å². The highest BCUT2D eigenvalue weighted by Crippen LogP contribution is 2.17. The predicted molar refractivity (Wildman–Crippen MR) is 49.2 cm³/mol. The third-order valence-electron chi connectivity index (χ3n) is 1.45. The van der Waals surface area contributed by atoms with Gasteiger partial charge >= 0.3 is 0 Å². The van der Waals surface area contributed by atoms with Gasteiger partial charge in [0.25, 0.3) is 5.24 Å². The third kappa shape index (κ3) is 2.65. The van der Waals surface area contributed by atoms with Crippen molar-refractivity contribution in [3.05, 3.63) is 0 Å². The van der Waals surface area contributed by atoms with Gasteiger partial charge in [-0.15, -0.1) is 0 Å². The lowest BCUT2D eigenvalue weighted by Gasteiger charge is -2.16. The molecule has 1 atom stereocenters. The average molecular weight is 240 g/mol. The molecule has 1 fully saturated rings. The van der Waals surface area contributed by atoms with Crippen LogP contribution in [0.2, 0.25) is 0 Å².